The highest BCUT2D eigenvalue weighted by Crippen LogP contribution is 2.17. The molecular weight excluding hydrogens is 202 g/mol. The van der Waals surface area contributed by atoms with E-state index in [-0.39, 0.29) is 11.9 Å². The fraction of sp³-hybridized carbons (Fsp3) is 0.444. The highest BCUT2D eigenvalue weighted by atomic mass is 32.2. The Balaban J connectivity index is 2.42. The number of hydrogen-bond donors (Lipinski definition) is 1. The van der Waals surface area contributed by atoms with Crippen LogP contribution in [0.2, 0.25) is 0 Å². The number of rotatable bonds is 4. The van der Waals surface area contributed by atoms with E-state index in [0.29, 0.717) is 5.75 Å². The first-order valence-corrected chi connectivity index (χ1v) is 6.33. The van der Waals surface area contributed by atoms with Gasteiger partial charge in [-0.3, -0.25) is 4.79 Å². The lowest BCUT2D eigenvalue weighted by Crippen LogP contribution is -2.27. The van der Waals surface area contributed by atoms with Gasteiger partial charge in [0.15, 0.2) is 0 Å². The Morgan fingerprint density at radius 3 is 3.08 bits per heavy atom. The predicted octanol–water partition coefficient (Wildman–Crippen LogP) is 2.29. The summed E-state index contributed by atoms with van der Waals surface area (Å²) in [6, 6.07) is 4.17. The molecule has 0 fully saturated rings. The second kappa shape index (κ2) is 5.29. The van der Waals surface area contributed by atoms with E-state index >= 15 is 0 Å². The van der Waals surface area contributed by atoms with Crippen LogP contribution < -0.4 is 5.32 Å². The summed E-state index contributed by atoms with van der Waals surface area (Å²) in [5.41, 5.74) is 0. The molecule has 2 nitrogen and oxygen atoms in total. The Bertz CT molecular complexity index is 259. The van der Waals surface area contributed by atoms with Gasteiger partial charge in [0.25, 0.3) is 0 Å². The van der Waals surface area contributed by atoms with Crippen molar-refractivity contribution >= 4 is 29.0 Å². The lowest BCUT2D eigenvalue weighted by Gasteiger charge is -2.11. The minimum atomic E-state index is 0.105. The first-order valence-electron chi connectivity index (χ1n) is 4.05. The van der Waals surface area contributed by atoms with E-state index in [1.807, 2.05) is 30.7 Å². The Morgan fingerprint density at radius 1 is 1.77 bits per heavy atom. The van der Waals surface area contributed by atoms with Crippen LogP contribution >= 0.6 is 23.1 Å². The number of thiophene rings is 1. The fourth-order valence-corrected chi connectivity index (χ4v) is 2.10. The van der Waals surface area contributed by atoms with Crippen molar-refractivity contribution in [2.24, 2.45) is 0 Å². The highest BCUT2D eigenvalue weighted by molar-refractivity contribution is 7.99. The van der Waals surface area contributed by atoms with Crippen molar-refractivity contribution in [3.8, 4) is 0 Å². The Labute approximate surface area is 86.7 Å². The molecule has 13 heavy (non-hydrogen) atoms. The topological polar surface area (TPSA) is 29.1 Å². The van der Waals surface area contributed by atoms with Crippen LogP contribution in [-0.4, -0.2) is 17.9 Å². The summed E-state index contributed by atoms with van der Waals surface area (Å²) in [5.74, 6) is 0.642. The molecule has 1 amide bonds. The van der Waals surface area contributed by atoms with Crippen LogP contribution in [0.5, 0.6) is 0 Å². The number of hydrogen-bond acceptors (Lipinski definition) is 3. The number of carbonyl (C=O) groups excluding carboxylic acids is 1. The Morgan fingerprint density at radius 2 is 2.54 bits per heavy atom. The number of thioether (sulfide) groups is 1. The summed E-state index contributed by atoms with van der Waals surface area (Å²) < 4.78 is 0. The molecule has 0 saturated heterocycles. The second-order valence-corrected chi connectivity index (χ2v) is 4.58. The summed E-state index contributed by atoms with van der Waals surface area (Å²) in [5, 5.41) is 4.95. The van der Waals surface area contributed by atoms with Crippen molar-refractivity contribution in [1.82, 2.24) is 5.32 Å². The summed E-state index contributed by atoms with van der Waals surface area (Å²) >= 11 is 3.21. The third kappa shape index (κ3) is 3.40. The van der Waals surface area contributed by atoms with Crippen molar-refractivity contribution < 1.29 is 4.79 Å². The third-order valence-electron chi connectivity index (χ3n) is 1.62. The second-order valence-electron chi connectivity index (χ2n) is 2.74. The van der Waals surface area contributed by atoms with Crippen molar-refractivity contribution in [3.05, 3.63) is 22.4 Å². The third-order valence-corrected chi connectivity index (χ3v) is 3.23. The summed E-state index contributed by atoms with van der Waals surface area (Å²) in [6.07, 6.45) is 1.93. The summed E-state index contributed by atoms with van der Waals surface area (Å²) in [4.78, 5) is 12.4. The molecule has 0 aliphatic heterocycles. The van der Waals surface area contributed by atoms with Crippen LogP contribution in [0.3, 0.4) is 0 Å². The summed E-state index contributed by atoms with van der Waals surface area (Å²) in [6.45, 7) is 2.00. The van der Waals surface area contributed by atoms with E-state index in [0.717, 1.165) is 0 Å². The van der Waals surface area contributed by atoms with Gasteiger partial charge >= 0.3 is 0 Å². The maximum atomic E-state index is 11.2. The zero-order chi connectivity index (χ0) is 9.68. The fourth-order valence-electron chi connectivity index (χ4n) is 1.02. The van der Waals surface area contributed by atoms with Gasteiger partial charge in [-0.2, -0.15) is 11.8 Å². The molecule has 0 aliphatic rings. The van der Waals surface area contributed by atoms with Crippen molar-refractivity contribution in [3.63, 3.8) is 0 Å². The van der Waals surface area contributed by atoms with E-state index in [1.165, 1.54) is 4.88 Å². The molecule has 1 heterocycles. The molecule has 0 saturated carbocycles. The molecule has 1 aromatic rings. The van der Waals surface area contributed by atoms with E-state index < -0.39 is 0 Å². The van der Waals surface area contributed by atoms with E-state index in [9.17, 15) is 4.79 Å². The molecule has 1 atom stereocenters. The maximum absolute atomic E-state index is 11.2. The molecule has 72 valence electrons. The van der Waals surface area contributed by atoms with Crippen molar-refractivity contribution in [2.45, 2.75) is 13.0 Å². The first-order chi connectivity index (χ1) is 6.24. The van der Waals surface area contributed by atoms with Crippen LogP contribution in [0.1, 0.15) is 17.8 Å². The van der Waals surface area contributed by atoms with Crippen molar-refractivity contribution in [1.29, 1.82) is 0 Å². The molecule has 1 N–H and O–H groups in total. The molecule has 4 heteroatoms. The minimum Gasteiger partial charge on any atom is -0.348 e. The van der Waals surface area contributed by atoms with E-state index in [4.69, 9.17) is 0 Å². The van der Waals surface area contributed by atoms with Gasteiger partial charge in [0.1, 0.15) is 0 Å². The molecule has 0 spiro atoms. The van der Waals surface area contributed by atoms with Gasteiger partial charge in [0.05, 0.1) is 11.8 Å². The largest absolute Gasteiger partial charge is 0.348 e. The molecule has 0 bridgehead atoms. The number of nitrogens with one attached hydrogen (secondary N) is 1. The van der Waals surface area contributed by atoms with Gasteiger partial charge in [0, 0.05) is 4.88 Å². The molecule has 0 aromatic carbocycles. The average Bonchev–Trinajstić information content (AvgIpc) is 2.55. The normalized spacial score (nSPS) is 12.5. The van der Waals surface area contributed by atoms with Crippen LogP contribution in [0.15, 0.2) is 17.5 Å². The molecular formula is C9H13NOS2. The lowest BCUT2D eigenvalue weighted by molar-refractivity contribution is -0.119. The molecule has 1 rings (SSSR count). The monoisotopic (exact) mass is 215 g/mol. The molecule has 1 unspecified atom stereocenters. The predicted molar refractivity (Wildman–Crippen MR) is 59.3 cm³/mol. The van der Waals surface area contributed by atoms with Gasteiger partial charge in [-0.25, -0.2) is 0 Å². The van der Waals surface area contributed by atoms with Gasteiger partial charge < -0.3 is 5.32 Å². The van der Waals surface area contributed by atoms with E-state index in [1.54, 1.807) is 23.1 Å². The van der Waals surface area contributed by atoms with Gasteiger partial charge in [0.2, 0.25) is 5.91 Å². The van der Waals surface area contributed by atoms with Gasteiger partial charge in [-0.1, -0.05) is 6.07 Å². The summed E-state index contributed by atoms with van der Waals surface area (Å²) in [7, 11) is 0. The maximum Gasteiger partial charge on any atom is 0.230 e. The number of carbonyl (C=O) groups is 1. The van der Waals surface area contributed by atoms with Crippen LogP contribution in [0, 0.1) is 0 Å². The minimum absolute atomic E-state index is 0.105. The zero-order valence-electron chi connectivity index (χ0n) is 7.74. The quantitative estimate of drug-likeness (QED) is 0.835. The Kier molecular flexibility index (Phi) is 4.32. The van der Waals surface area contributed by atoms with Crippen LogP contribution in [-0.2, 0) is 4.79 Å². The molecule has 0 radical (unpaired) electrons. The van der Waals surface area contributed by atoms with E-state index in [2.05, 4.69) is 5.32 Å². The number of amides is 1. The average molecular weight is 215 g/mol. The van der Waals surface area contributed by atoms with Gasteiger partial charge in [-0.15, -0.1) is 11.3 Å². The first kappa shape index (κ1) is 10.6. The van der Waals surface area contributed by atoms with Crippen LogP contribution in [0.25, 0.3) is 0 Å². The van der Waals surface area contributed by atoms with Crippen LogP contribution in [0.4, 0.5) is 0 Å². The zero-order valence-corrected chi connectivity index (χ0v) is 9.37. The van der Waals surface area contributed by atoms with Gasteiger partial charge in [-0.05, 0) is 24.6 Å². The highest BCUT2D eigenvalue weighted by Gasteiger charge is 2.08. The lowest BCUT2D eigenvalue weighted by atomic mass is 10.3. The standard InChI is InChI=1S/C9H13NOS2/c1-7(8-4-3-5-13-8)10-9(11)6-12-2/h3-5,7H,6H2,1-2H3,(H,10,11). The van der Waals surface area contributed by atoms with Crippen molar-refractivity contribution in [2.75, 3.05) is 12.0 Å². The molecule has 1 aromatic heterocycles. The smallest absolute Gasteiger partial charge is 0.230 e. The SMILES string of the molecule is CSCC(=O)NC(C)c1cccs1. The Hall–Kier alpha value is -0.480. The molecule has 0 aliphatic carbocycles.